The van der Waals surface area contributed by atoms with Crippen LogP contribution in [0.5, 0.6) is 0 Å². The van der Waals surface area contributed by atoms with Gasteiger partial charge in [-0.3, -0.25) is 14.7 Å². The number of aromatic amines is 1. The number of aryl methyl sites for hydroxylation is 1. The predicted molar refractivity (Wildman–Crippen MR) is 135 cm³/mol. The summed E-state index contributed by atoms with van der Waals surface area (Å²) in [6.07, 6.45) is 6.22. The number of carbonyl (C=O) groups is 2. The molecule has 0 saturated carbocycles. The van der Waals surface area contributed by atoms with Crippen molar-refractivity contribution < 1.29 is 14.3 Å². The topological polar surface area (TPSA) is 112 Å². The van der Waals surface area contributed by atoms with Crippen molar-refractivity contribution in [2.75, 3.05) is 23.3 Å². The van der Waals surface area contributed by atoms with Crippen molar-refractivity contribution in [3.63, 3.8) is 0 Å². The van der Waals surface area contributed by atoms with Crippen molar-refractivity contribution in [2.45, 2.75) is 52.2 Å². The van der Waals surface area contributed by atoms with Gasteiger partial charge < -0.3 is 20.4 Å². The van der Waals surface area contributed by atoms with Gasteiger partial charge in [-0.05, 0) is 74.6 Å². The van der Waals surface area contributed by atoms with Gasteiger partial charge in [-0.2, -0.15) is 0 Å². The van der Waals surface area contributed by atoms with E-state index in [1.165, 1.54) is 0 Å². The second kappa shape index (κ2) is 9.71. The highest BCUT2D eigenvalue weighted by Gasteiger charge is 2.34. The number of hydrogen-bond donors (Lipinski definition) is 3. The van der Waals surface area contributed by atoms with Gasteiger partial charge in [0.1, 0.15) is 16.9 Å². The number of nitrogens with zero attached hydrogens (tertiary/aromatic N) is 3. The molecular formula is C24H29BrN6O3. The third-order valence-corrected chi connectivity index (χ3v) is 6.15. The van der Waals surface area contributed by atoms with E-state index >= 15 is 0 Å². The Morgan fingerprint density at radius 2 is 2.09 bits per heavy atom. The fourth-order valence-electron chi connectivity index (χ4n) is 4.08. The van der Waals surface area contributed by atoms with Crippen LogP contribution in [0.2, 0.25) is 0 Å². The Kier molecular flexibility index (Phi) is 6.90. The van der Waals surface area contributed by atoms with E-state index < -0.39 is 11.7 Å². The lowest BCUT2D eigenvalue weighted by atomic mass is 10.0. The summed E-state index contributed by atoms with van der Waals surface area (Å²) < 4.78 is 6.43. The smallest absolute Gasteiger partial charge is 0.415 e. The Morgan fingerprint density at radius 1 is 1.29 bits per heavy atom. The Labute approximate surface area is 206 Å². The zero-order valence-electron chi connectivity index (χ0n) is 19.7. The van der Waals surface area contributed by atoms with Gasteiger partial charge in [0.2, 0.25) is 0 Å². The fraction of sp³-hybridized carbons (Fsp3) is 0.417. The molecule has 3 aromatic rings. The molecule has 0 unspecified atom stereocenters. The van der Waals surface area contributed by atoms with Gasteiger partial charge >= 0.3 is 6.09 Å². The molecular weight excluding hydrogens is 500 g/mol. The minimum absolute atomic E-state index is 0.123. The molecule has 1 fully saturated rings. The second-order valence-corrected chi connectivity index (χ2v) is 10.2. The molecule has 0 spiro atoms. The maximum Gasteiger partial charge on any atom is 0.415 e. The summed E-state index contributed by atoms with van der Waals surface area (Å²) in [4.78, 5) is 40.0. The SMILES string of the molecule is Cc1cccnc1C(=O)Nc1c[nH]c2ncc(Br)c(N(C(=O)OC(C)(C)C)[C@@H]3CCCNC3)c12. The Bertz CT molecular complexity index is 1210. The third kappa shape index (κ3) is 5.07. The molecule has 3 aromatic heterocycles. The molecule has 1 aliphatic rings. The molecule has 1 aliphatic heterocycles. The molecule has 4 rings (SSSR count). The van der Waals surface area contributed by atoms with E-state index in [1.54, 1.807) is 29.6 Å². The lowest BCUT2D eigenvalue weighted by molar-refractivity contribution is 0.0560. The molecule has 180 valence electrons. The number of halogens is 1. The van der Waals surface area contributed by atoms with Crippen LogP contribution in [0, 0.1) is 6.92 Å². The standard InChI is InChI=1S/C24H29BrN6O3/c1-14-7-5-10-27-19(14)22(32)30-17-13-29-21-18(17)20(16(25)12-28-21)31(15-8-6-9-26-11-15)23(33)34-24(2,3)4/h5,7,10,12-13,15,26H,6,8-9,11H2,1-4H3,(H,28,29)(H,30,32)/t15-/m1/s1. The van der Waals surface area contributed by atoms with Crippen molar-refractivity contribution >= 4 is 50.3 Å². The molecule has 9 nitrogen and oxygen atoms in total. The Balaban J connectivity index is 1.81. The van der Waals surface area contributed by atoms with Crippen LogP contribution in [0.1, 0.15) is 49.7 Å². The van der Waals surface area contributed by atoms with Gasteiger partial charge in [-0.15, -0.1) is 0 Å². The van der Waals surface area contributed by atoms with E-state index in [4.69, 9.17) is 4.74 Å². The lowest BCUT2D eigenvalue weighted by Crippen LogP contribution is -2.50. The van der Waals surface area contributed by atoms with E-state index in [0.717, 1.165) is 24.9 Å². The number of ether oxygens (including phenoxy) is 1. The summed E-state index contributed by atoms with van der Waals surface area (Å²) in [5.74, 6) is -0.340. The minimum atomic E-state index is -0.665. The quantitative estimate of drug-likeness (QED) is 0.449. The Morgan fingerprint density at radius 3 is 2.76 bits per heavy atom. The third-order valence-electron chi connectivity index (χ3n) is 5.57. The number of fused-ring (bicyclic) bond motifs is 1. The number of rotatable bonds is 4. The van der Waals surface area contributed by atoms with Gasteiger partial charge in [0, 0.05) is 25.1 Å². The molecule has 2 amide bonds. The molecule has 10 heteroatoms. The van der Waals surface area contributed by atoms with Crippen LogP contribution in [0.4, 0.5) is 16.2 Å². The van der Waals surface area contributed by atoms with Crippen molar-refractivity contribution in [3.8, 4) is 0 Å². The molecule has 1 atom stereocenters. The summed E-state index contributed by atoms with van der Waals surface area (Å²) in [5, 5.41) is 6.94. The normalized spacial score (nSPS) is 16.3. The molecule has 0 aliphatic carbocycles. The fourth-order valence-corrected chi connectivity index (χ4v) is 4.57. The summed E-state index contributed by atoms with van der Waals surface area (Å²) in [6, 6.07) is 3.50. The first-order chi connectivity index (χ1) is 16.2. The predicted octanol–water partition coefficient (Wildman–Crippen LogP) is 4.77. The summed E-state index contributed by atoms with van der Waals surface area (Å²) in [6.45, 7) is 8.90. The highest BCUT2D eigenvalue weighted by atomic mass is 79.9. The van der Waals surface area contributed by atoms with Gasteiger partial charge in [-0.1, -0.05) is 6.07 Å². The van der Waals surface area contributed by atoms with E-state index in [9.17, 15) is 9.59 Å². The van der Waals surface area contributed by atoms with Crippen LogP contribution < -0.4 is 15.5 Å². The highest BCUT2D eigenvalue weighted by Crippen LogP contribution is 2.40. The first kappa shape index (κ1) is 24.2. The number of anilines is 2. The van der Waals surface area contributed by atoms with Crippen molar-refractivity contribution in [1.82, 2.24) is 20.3 Å². The van der Waals surface area contributed by atoms with Crippen molar-refractivity contribution in [1.29, 1.82) is 0 Å². The van der Waals surface area contributed by atoms with Gasteiger partial charge in [-0.25, -0.2) is 9.78 Å². The second-order valence-electron chi connectivity index (χ2n) is 9.35. The number of piperidine rings is 1. The zero-order valence-corrected chi connectivity index (χ0v) is 21.3. The molecule has 0 radical (unpaired) electrons. The van der Waals surface area contributed by atoms with E-state index in [0.29, 0.717) is 39.1 Å². The molecule has 0 bridgehead atoms. The summed E-state index contributed by atoms with van der Waals surface area (Å²) in [5.41, 5.74) is 2.09. The van der Waals surface area contributed by atoms with E-state index in [1.807, 2.05) is 33.8 Å². The number of pyridine rings is 2. The maximum absolute atomic E-state index is 13.5. The number of nitrogens with one attached hydrogen (secondary N) is 3. The molecule has 34 heavy (non-hydrogen) atoms. The van der Waals surface area contributed by atoms with Gasteiger partial charge in [0.05, 0.1) is 27.3 Å². The minimum Gasteiger partial charge on any atom is -0.443 e. The Hall–Kier alpha value is -2.98. The molecule has 1 saturated heterocycles. The van der Waals surface area contributed by atoms with Gasteiger partial charge in [0.15, 0.2) is 0 Å². The van der Waals surface area contributed by atoms with Crippen LogP contribution >= 0.6 is 15.9 Å². The average Bonchev–Trinajstić information content (AvgIpc) is 3.18. The first-order valence-electron chi connectivity index (χ1n) is 11.3. The highest BCUT2D eigenvalue weighted by molar-refractivity contribution is 9.10. The van der Waals surface area contributed by atoms with Crippen LogP contribution in [0.3, 0.4) is 0 Å². The first-order valence-corrected chi connectivity index (χ1v) is 12.1. The van der Waals surface area contributed by atoms with Crippen molar-refractivity contribution in [2.24, 2.45) is 0 Å². The lowest BCUT2D eigenvalue weighted by Gasteiger charge is -2.36. The van der Waals surface area contributed by atoms with Crippen LogP contribution in [-0.4, -0.2) is 51.7 Å². The number of carbonyl (C=O) groups excluding carboxylic acids is 2. The van der Waals surface area contributed by atoms with Crippen LogP contribution in [0.25, 0.3) is 11.0 Å². The van der Waals surface area contributed by atoms with Crippen LogP contribution in [-0.2, 0) is 4.74 Å². The van der Waals surface area contributed by atoms with Gasteiger partial charge in [0.25, 0.3) is 5.91 Å². The molecule has 3 N–H and O–H groups in total. The largest absolute Gasteiger partial charge is 0.443 e. The van der Waals surface area contributed by atoms with Crippen molar-refractivity contribution in [3.05, 3.63) is 46.5 Å². The van der Waals surface area contributed by atoms with E-state index in [-0.39, 0.29) is 11.9 Å². The number of hydrogen-bond acceptors (Lipinski definition) is 6. The van der Waals surface area contributed by atoms with E-state index in [2.05, 4.69) is 41.5 Å². The molecule has 0 aromatic carbocycles. The number of aromatic nitrogens is 3. The summed E-state index contributed by atoms with van der Waals surface area (Å²) >= 11 is 3.60. The van der Waals surface area contributed by atoms with Crippen LogP contribution in [0.15, 0.2) is 35.2 Å². The number of amides is 2. The maximum atomic E-state index is 13.5. The zero-order chi connectivity index (χ0) is 24.5. The monoisotopic (exact) mass is 528 g/mol. The average molecular weight is 529 g/mol. The number of H-pyrrole nitrogens is 1. The summed E-state index contributed by atoms with van der Waals surface area (Å²) in [7, 11) is 0. The molecule has 4 heterocycles.